The van der Waals surface area contributed by atoms with Crippen LogP contribution in [0, 0.1) is 6.92 Å². The second kappa shape index (κ2) is 5.68. The highest BCUT2D eigenvalue weighted by Crippen LogP contribution is 2.25. The summed E-state index contributed by atoms with van der Waals surface area (Å²) in [6.45, 7) is 2.00. The minimum absolute atomic E-state index is 0.685. The van der Waals surface area contributed by atoms with Crippen molar-refractivity contribution in [3.63, 3.8) is 0 Å². The fourth-order valence-corrected chi connectivity index (χ4v) is 3.23. The number of hydrogen-bond acceptors (Lipinski definition) is 3. The molecular weight excluding hydrogens is 346 g/mol. The fourth-order valence-electron chi connectivity index (χ4n) is 3.10. The van der Waals surface area contributed by atoms with Crippen molar-refractivity contribution in [1.82, 2.24) is 24.5 Å². The molecule has 0 aliphatic carbocycles. The van der Waals surface area contributed by atoms with Crippen LogP contribution in [-0.4, -0.2) is 24.5 Å². The third kappa shape index (κ3) is 2.36. The van der Waals surface area contributed by atoms with Gasteiger partial charge in [-0.15, -0.1) is 5.10 Å². The molecule has 0 atom stereocenters. The molecule has 0 spiro atoms. The quantitative estimate of drug-likeness (QED) is 0.458. The van der Waals surface area contributed by atoms with Gasteiger partial charge in [-0.05, 0) is 49.4 Å². The maximum Gasteiger partial charge on any atom is 0.183 e. The first-order valence-electron chi connectivity index (χ1n) is 8.26. The molecule has 0 amide bonds. The van der Waals surface area contributed by atoms with Gasteiger partial charge in [-0.25, -0.2) is 14.3 Å². The molecule has 5 rings (SSSR count). The van der Waals surface area contributed by atoms with E-state index in [4.69, 9.17) is 16.6 Å². The summed E-state index contributed by atoms with van der Waals surface area (Å²) in [5.74, 6) is 0. The minimum Gasteiger partial charge on any atom is -0.238 e. The maximum absolute atomic E-state index is 5.98. The Morgan fingerprint density at radius 3 is 2.42 bits per heavy atom. The number of benzene rings is 2. The van der Waals surface area contributed by atoms with Crippen LogP contribution in [0.15, 0.2) is 66.9 Å². The summed E-state index contributed by atoms with van der Waals surface area (Å²) in [5.41, 5.74) is 4.36. The number of pyridine rings is 1. The van der Waals surface area contributed by atoms with E-state index < -0.39 is 0 Å². The Kier molecular flexibility index (Phi) is 3.30. The van der Waals surface area contributed by atoms with Gasteiger partial charge in [-0.2, -0.15) is 5.10 Å². The molecule has 126 valence electrons. The van der Waals surface area contributed by atoms with Gasteiger partial charge in [0.15, 0.2) is 11.3 Å². The summed E-state index contributed by atoms with van der Waals surface area (Å²) in [4.78, 5) is 4.78. The molecular formula is C20H14ClN5. The molecule has 3 aromatic heterocycles. The third-order valence-electron chi connectivity index (χ3n) is 4.41. The second-order valence-electron chi connectivity index (χ2n) is 6.16. The molecule has 5 aromatic rings. The van der Waals surface area contributed by atoms with Crippen LogP contribution in [0.25, 0.3) is 33.4 Å². The van der Waals surface area contributed by atoms with Crippen LogP contribution < -0.4 is 0 Å². The molecule has 0 bridgehead atoms. The lowest BCUT2D eigenvalue weighted by molar-refractivity contribution is 0.871. The minimum atomic E-state index is 0.685. The maximum atomic E-state index is 5.98. The smallest absolute Gasteiger partial charge is 0.183 e. The Morgan fingerprint density at radius 1 is 0.885 bits per heavy atom. The van der Waals surface area contributed by atoms with Crippen LogP contribution in [-0.2, 0) is 0 Å². The van der Waals surface area contributed by atoms with E-state index in [9.17, 15) is 0 Å². The predicted molar refractivity (Wildman–Crippen MR) is 103 cm³/mol. The lowest BCUT2D eigenvalue weighted by Crippen LogP contribution is -1.98. The molecule has 5 nitrogen and oxygen atoms in total. The summed E-state index contributed by atoms with van der Waals surface area (Å²) in [6.07, 6.45) is 1.98. The first-order chi connectivity index (χ1) is 12.7. The van der Waals surface area contributed by atoms with Crippen molar-refractivity contribution in [1.29, 1.82) is 0 Å². The molecule has 6 heteroatoms. The number of fused-ring (bicyclic) bond motifs is 2. The topological polar surface area (TPSA) is 48.5 Å². The van der Waals surface area contributed by atoms with E-state index in [1.165, 1.54) is 0 Å². The second-order valence-corrected chi connectivity index (χ2v) is 6.59. The van der Waals surface area contributed by atoms with Gasteiger partial charge in [0.2, 0.25) is 0 Å². The van der Waals surface area contributed by atoms with Crippen molar-refractivity contribution in [2.24, 2.45) is 0 Å². The van der Waals surface area contributed by atoms with Crippen molar-refractivity contribution in [3.05, 3.63) is 77.6 Å². The highest BCUT2D eigenvalue weighted by atomic mass is 35.5. The highest BCUT2D eigenvalue weighted by Gasteiger charge is 2.14. The van der Waals surface area contributed by atoms with E-state index in [2.05, 4.69) is 16.3 Å². The van der Waals surface area contributed by atoms with E-state index >= 15 is 0 Å². The molecule has 0 radical (unpaired) electrons. The van der Waals surface area contributed by atoms with Gasteiger partial charge >= 0.3 is 0 Å². The standard InChI is InChI=1S/C20H14ClN5/c1-13-18-11-14-12-25(16-9-7-15(21)8-10-16)24-19(14)22-20(18)26(23-13)17-5-3-2-4-6-17/h2-12H,1H3. The van der Waals surface area contributed by atoms with Gasteiger partial charge < -0.3 is 0 Å². The molecule has 0 fully saturated rings. The number of nitrogens with zero attached hydrogens (tertiary/aromatic N) is 5. The molecule has 3 heterocycles. The third-order valence-corrected chi connectivity index (χ3v) is 4.66. The number of aryl methyl sites for hydroxylation is 1. The Hall–Kier alpha value is -3.18. The van der Waals surface area contributed by atoms with Crippen molar-refractivity contribution in [3.8, 4) is 11.4 Å². The van der Waals surface area contributed by atoms with Crippen LogP contribution >= 0.6 is 11.6 Å². The van der Waals surface area contributed by atoms with Crippen molar-refractivity contribution in [2.75, 3.05) is 0 Å². The normalized spacial score (nSPS) is 11.5. The summed E-state index contributed by atoms with van der Waals surface area (Å²) < 4.78 is 3.69. The largest absolute Gasteiger partial charge is 0.238 e. The van der Waals surface area contributed by atoms with Crippen LogP contribution in [0.3, 0.4) is 0 Å². The number of para-hydroxylation sites is 1. The van der Waals surface area contributed by atoms with Gasteiger partial charge in [0.25, 0.3) is 0 Å². The van der Waals surface area contributed by atoms with Crippen LogP contribution in [0.2, 0.25) is 5.02 Å². The summed E-state index contributed by atoms with van der Waals surface area (Å²) in [5, 5.41) is 12.0. The van der Waals surface area contributed by atoms with Gasteiger partial charge in [0.1, 0.15) is 0 Å². The van der Waals surface area contributed by atoms with Crippen LogP contribution in [0.4, 0.5) is 0 Å². The van der Waals surface area contributed by atoms with E-state index in [1.807, 2.05) is 77.1 Å². The molecule has 0 aliphatic heterocycles. The zero-order chi connectivity index (χ0) is 17.7. The van der Waals surface area contributed by atoms with Crippen LogP contribution in [0.1, 0.15) is 5.69 Å². The van der Waals surface area contributed by atoms with Crippen molar-refractivity contribution >= 4 is 33.7 Å². The van der Waals surface area contributed by atoms with E-state index in [0.29, 0.717) is 10.7 Å². The zero-order valence-corrected chi connectivity index (χ0v) is 14.7. The van der Waals surface area contributed by atoms with Gasteiger partial charge in [-0.3, -0.25) is 0 Å². The van der Waals surface area contributed by atoms with E-state index in [0.717, 1.165) is 33.5 Å². The number of rotatable bonds is 2. The van der Waals surface area contributed by atoms with E-state index in [1.54, 1.807) is 0 Å². The van der Waals surface area contributed by atoms with Crippen molar-refractivity contribution < 1.29 is 0 Å². The lowest BCUT2D eigenvalue weighted by atomic mass is 10.2. The summed E-state index contributed by atoms with van der Waals surface area (Å²) in [7, 11) is 0. The highest BCUT2D eigenvalue weighted by molar-refractivity contribution is 6.30. The van der Waals surface area contributed by atoms with Gasteiger partial charge in [-0.1, -0.05) is 29.8 Å². The van der Waals surface area contributed by atoms with Crippen molar-refractivity contribution in [2.45, 2.75) is 6.92 Å². The molecule has 0 saturated heterocycles. The van der Waals surface area contributed by atoms with Gasteiger partial charge in [0, 0.05) is 22.0 Å². The Labute approximate surface area is 154 Å². The molecule has 0 aliphatic rings. The number of halogens is 1. The molecule has 26 heavy (non-hydrogen) atoms. The average molecular weight is 360 g/mol. The first kappa shape index (κ1) is 15.1. The average Bonchev–Trinajstić information content (AvgIpc) is 3.22. The zero-order valence-electron chi connectivity index (χ0n) is 14.0. The SMILES string of the molecule is Cc1nn(-c2ccccc2)c2nc3nn(-c4ccc(Cl)cc4)cc3cc12. The summed E-state index contributed by atoms with van der Waals surface area (Å²) in [6, 6.07) is 19.7. The Bertz CT molecular complexity index is 1240. The Morgan fingerprint density at radius 2 is 1.65 bits per heavy atom. The van der Waals surface area contributed by atoms with Crippen LogP contribution in [0.5, 0.6) is 0 Å². The van der Waals surface area contributed by atoms with E-state index in [-0.39, 0.29) is 0 Å². The first-order valence-corrected chi connectivity index (χ1v) is 8.64. The van der Waals surface area contributed by atoms with Gasteiger partial charge in [0.05, 0.1) is 17.1 Å². The predicted octanol–water partition coefficient (Wildman–Crippen LogP) is 4.72. The molecule has 2 aromatic carbocycles. The Balaban J connectivity index is 1.72. The fraction of sp³-hybridized carbons (Fsp3) is 0.0500. The molecule has 0 N–H and O–H groups in total. The molecule has 0 saturated carbocycles. The summed E-state index contributed by atoms with van der Waals surface area (Å²) >= 11 is 5.98. The number of hydrogen-bond donors (Lipinski definition) is 0. The number of aromatic nitrogens is 5. The monoisotopic (exact) mass is 359 g/mol. The lowest BCUT2D eigenvalue weighted by Gasteiger charge is -2.01. The molecule has 0 unspecified atom stereocenters.